The Kier molecular flexibility index (Phi) is 4.20. The Hall–Kier alpha value is -1.01. The van der Waals surface area contributed by atoms with E-state index in [1.165, 1.54) is 24.5 Å². The van der Waals surface area contributed by atoms with Gasteiger partial charge in [-0.15, -0.1) is 0 Å². The SMILES string of the molecule is O=S(=O)(Nc1cccnc1)c1cc(Cl)c(Cl)cc1Cl. The number of hydrogen-bond donors (Lipinski definition) is 1. The standard InChI is InChI=1S/C11H7Cl3N2O2S/c12-8-4-10(14)11(5-9(8)13)19(17,18)16-7-2-1-3-15-6-7/h1-6,16H. The monoisotopic (exact) mass is 336 g/mol. The highest BCUT2D eigenvalue weighted by Gasteiger charge is 2.20. The van der Waals surface area contributed by atoms with Gasteiger partial charge in [-0.05, 0) is 24.3 Å². The molecule has 0 radical (unpaired) electrons. The van der Waals surface area contributed by atoms with E-state index < -0.39 is 10.0 Å². The fraction of sp³-hybridized carbons (Fsp3) is 0. The first-order valence-electron chi connectivity index (χ1n) is 4.97. The normalized spacial score (nSPS) is 11.3. The van der Waals surface area contributed by atoms with Gasteiger partial charge in [0.2, 0.25) is 0 Å². The highest BCUT2D eigenvalue weighted by atomic mass is 35.5. The van der Waals surface area contributed by atoms with Gasteiger partial charge in [-0.2, -0.15) is 0 Å². The van der Waals surface area contributed by atoms with Gasteiger partial charge < -0.3 is 0 Å². The van der Waals surface area contributed by atoms with Gasteiger partial charge in [0.1, 0.15) is 4.90 Å². The Labute approximate surface area is 125 Å². The molecule has 0 bridgehead atoms. The second-order valence-electron chi connectivity index (χ2n) is 3.54. The van der Waals surface area contributed by atoms with Gasteiger partial charge in [-0.25, -0.2) is 8.42 Å². The molecule has 0 unspecified atom stereocenters. The maximum atomic E-state index is 12.2. The zero-order valence-corrected chi connectivity index (χ0v) is 12.4. The van der Waals surface area contributed by atoms with Crippen LogP contribution in [0.5, 0.6) is 0 Å². The van der Waals surface area contributed by atoms with Crippen LogP contribution in [-0.4, -0.2) is 13.4 Å². The van der Waals surface area contributed by atoms with Gasteiger partial charge in [-0.1, -0.05) is 34.8 Å². The molecule has 0 aliphatic heterocycles. The minimum Gasteiger partial charge on any atom is -0.278 e. The van der Waals surface area contributed by atoms with Crippen molar-refractivity contribution in [2.45, 2.75) is 4.90 Å². The molecule has 1 aromatic carbocycles. The smallest absolute Gasteiger partial charge is 0.263 e. The molecule has 0 aliphatic rings. The largest absolute Gasteiger partial charge is 0.278 e. The Morgan fingerprint density at radius 2 is 1.74 bits per heavy atom. The van der Waals surface area contributed by atoms with Gasteiger partial charge >= 0.3 is 0 Å². The summed E-state index contributed by atoms with van der Waals surface area (Å²) in [6, 6.07) is 5.65. The lowest BCUT2D eigenvalue weighted by molar-refractivity contribution is 0.601. The first-order chi connectivity index (χ1) is 8.90. The molecule has 2 aromatic rings. The van der Waals surface area contributed by atoms with E-state index >= 15 is 0 Å². The van der Waals surface area contributed by atoms with E-state index in [9.17, 15) is 8.42 Å². The predicted molar refractivity (Wildman–Crippen MR) is 76.5 cm³/mol. The maximum absolute atomic E-state index is 12.2. The van der Waals surface area contributed by atoms with E-state index in [-0.39, 0.29) is 20.0 Å². The van der Waals surface area contributed by atoms with Gasteiger partial charge in [0, 0.05) is 6.20 Å². The highest BCUT2D eigenvalue weighted by molar-refractivity contribution is 7.92. The number of rotatable bonds is 3. The van der Waals surface area contributed by atoms with Crippen molar-refractivity contribution >= 4 is 50.5 Å². The third-order valence-electron chi connectivity index (χ3n) is 2.18. The second kappa shape index (κ2) is 5.54. The van der Waals surface area contributed by atoms with Crippen LogP contribution in [0.1, 0.15) is 0 Å². The van der Waals surface area contributed by atoms with Gasteiger partial charge in [0.15, 0.2) is 0 Å². The van der Waals surface area contributed by atoms with Crippen LogP contribution in [0.4, 0.5) is 5.69 Å². The number of halogens is 3. The summed E-state index contributed by atoms with van der Waals surface area (Å²) >= 11 is 17.4. The van der Waals surface area contributed by atoms with Gasteiger partial charge in [-0.3, -0.25) is 9.71 Å². The molecular formula is C11H7Cl3N2O2S. The van der Waals surface area contributed by atoms with E-state index in [0.29, 0.717) is 5.69 Å². The topological polar surface area (TPSA) is 59.1 Å². The molecular weight excluding hydrogens is 331 g/mol. The number of hydrogen-bond acceptors (Lipinski definition) is 3. The minimum atomic E-state index is -3.85. The molecule has 2 rings (SSSR count). The minimum absolute atomic E-state index is 0.00853. The predicted octanol–water partition coefficient (Wildman–Crippen LogP) is 3.84. The Balaban J connectivity index is 2.43. The zero-order valence-electron chi connectivity index (χ0n) is 9.27. The quantitative estimate of drug-likeness (QED) is 0.866. The molecule has 0 spiro atoms. The molecule has 0 amide bonds. The summed E-state index contributed by atoms with van der Waals surface area (Å²) in [6.45, 7) is 0. The van der Waals surface area contributed by atoms with Crippen molar-refractivity contribution in [3.05, 3.63) is 51.7 Å². The number of pyridine rings is 1. The van der Waals surface area contributed by atoms with Crippen LogP contribution < -0.4 is 4.72 Å². The van der Waals surface area contributed by atoms with E-state index in [0.717, 1.165) is 0 Å². The Morgan fingerprint density at radius 3 is 2.37 bits per heavy atom. The molecule has 1 aromatic heterocycles. The molecule has 100 valence electrons. The van der Waals surface area contributed by atoms with Crippen LogP contribution >= 0.6 is 34.8 Å². The molecule has 0 fully saturated rings. The molecule has 0 atom stereocenters. The van der Waals surface area contributed by atoms with Crippen molar-refractivity contribution in [3.8, 4) is 0 Å². The maximum Gasteiger partial charge on any atom is 0.263 e. The lowest BCUT2D eigenvalue weighted by Crippen LogP contribution is -2.13. The number of benzene rings is 1. The molecule has 0 saturated heterocycles. The summed E-state index contributed by atoms with van der Waals surface area (Å²) < 4.78 is 26.7. The van der Waals surface area contributed by atoms with E-state index in [4.69, 9.17) is 34.8 Å². The summed E-state index contributed by atoms with van der Waals surface area (Å²) in [7, 11) is -3.85. The van der Waals surface area contributed by atoms with Crippen molar-refractivity contribution in [1.29, 1.82) is 0 Å². The number of anilines is 1. The third kappa shape index (κ3) is 3.30. The average Bonchev–Trinajstić information content (AvgIpc) is 2.34. The fourth-order valence-corrected chi connectivity index (χ4v) is 3.39. The van der Waals surface area contributed by atoms with Crippen molar-refractivity contribution < 1.29 is 8.42 Å². The Morgan fingerprint density at radius 1 is 1.05 bits per heavy atom. The van der Waals surface area contributed by atoms with Crippen LogP contribution in [0, 0.1) is 0 Å². The van der Waals surface area contributed by atoms with Crippen molar-refractivity contribution in [3.63, 3.8) is 0 Å². The zero-order chi connectivity index (χ0) is 14.0. The second-order valence-corrected chi connectivity index (χ2v) is 6.42. The van der Waals surface area contributed by atoms with Crippen molar-refractivity contribution in [2.24, 2.45) is 0 Å². The lowest BCUT2D eigenvalue weighted by atomic mass is 10.4. The first kappa shape index (κ1) is 14.4. The van der Waals surface area contributed by atoms with Gasteiger partial charge in [0.05, 0.1) is 27.0 Å². The molecule has 0 saturated carbocycles. The summed E-state index contributed by atoms with van der Waals surface area (Å²) in [5.74, 6) is 0. The molecule has 8 heteroatoms. The summed E-state index contributed by atoms with van der Waals surface area (Å²) in [6.07, 6.45) is 2.91. The fourth-order valence-electron chi connectivity index (χ4n) is 1.34. The molecule has 19 heavy (non-hydrogen) atoms. The number of nitrogens with one attached hydrogen (secondary N) is 1. The summed E-state index contributed by atoms with van der Waals surface area (Å²) in [4.78, 5) is 3.66. The van der Waals surface area contributed by atoms with Crippen molar-refractivity contribution in [2.75, 3.05) is 4.72 Å². The lowest BCUT2D eigenvalue weighted by Gasteiger charge is -2.10. The van der Waals surface area contributed by atoms with Crippen LogP contribution in [0.25, 0.3) is 0 Å². The van der Waals surface area contributed by atoms with Crippen LogP contribution in [0.15, 0.2) is 41.6 Å². The number of aromatic nitrogens is 1. The van der Waals surface area contributed by atoms with Crippen LogP contribution in [-0.2, 0) is 10.0 Å². The average molecular weight is 338 g/mol. The van der Waals surface area contributed by atoms with Crippen LogP contribution in [0.3, 0.4) is 0 Å². The highest BCUT2D eigenvalue weighted by Crippen LogP contribution is 2.32. The Bertz CT molecular complexity index is 705. The summed E-state index contributed by atoms with van der Waals surface area (Å²) in [5, 5.41) is 0.287. The number of nitrogens with zero attached hydrogens (tertiary/aromatic N) is 1. The number of sulfonamides is 1. The molecule has 1 N–H and O–H groups in total. The van der Waals surface area contributed by atoms with Crippen LogP contribution in [0.2, 0.25) is 15.1 Å². The first-order valence-corrected chi connectivity index (χ1v) is 7.59. The van der Waals surface area contributed by atoms with E-state index in [2.05, 4.69) is 9.71 Å². The molecule has 1 heterocycles. The third-order valence-corrected chi connectivity index (χ3v) is 4.75. The van der Waals surface area contributed by atoms with E-state index in [1.54, 1.807) is 12.1 Å². The summed E-state index contributed by atoms with van der Waals surface area (Å²) in [5.41, 5.74) is 0.324. The molecule has 0 aliphatic carbocycles. The van der Waals surface area contributed by atoms with Crippen molar-refractivity contribution in [1.82, 2.24) is 4.98 Å². The van der Waals surface area contributed by atoms with Gasteiger partial charge in [0.25, 0.3) is 10.0 Å². The van der Waals surface area contributed by atoms with E-state index in [1.807, 2.05) is 0 Å². The molecule has 4 nitrogen and oxygen atoms in total.